The highest BCUT2D eigenvalue weighted by molar-refractivity contribution is 6.30. The van der Waals surface area contributed by atoms with Crippen LogP contribution in [0, 0.1) is 0 Å². The molecule has 0 atom stereocenters. The van der Waals surface area contributed by atoms with Crippen molar-refractivity contribution in [2.24, 2.45) is 5.73 Å². The van der Waals surface area contributed by atoms with Gasteiger partial charge in [0.2, 0.25) is 11.8 Å². The number of carbonyl (C=O) groups is 2. The van der Waals surface area contributed by atoms with E-state index < -0.39 is 11.3 Å². The second-order valence-electron chi connectivity index (χ2n) is 6.93. The summed E-state index contributed by atoms with van der Waals surface area (Å²) in [6.45, 7) is 0. The number of rotatable bonds is 4. The van der Waals surface area contributed by atoms with Crippen LogP contribution in [-0.2, 0) is 10.2 Å². The van der Waals surface area contributed by atoms with Gasteiger partial charge in [0.25, 0.3) is 0 Å². The number of hydrogen-bond donors (Lipinski definition) is 1. The molecule has 3 rings (SSSR count). The van der Waals surface area contributed by atoms with Gasteiger partial charge in [0.1, 0.15) is 0 Å². The van der Waals surface area contributed by atoms with Gasteiger partial charge in [0.15, 0.2) is 0 Å². The highest BCUT2D eigenvalue weighted by Crippen LogP contribution is 2.42. The molecule has 2 amide bonds. The first-order chi connectivity index (χ1) is 12.4. The first-order valence-corrected chi connectivity index (χ1v) is 9.26. The molecule has 0 spiro atoms. The summed E-state index contributed by atoms with van der Waals surface area (Å²) in [5, 5.41) is 0.647. The molecule has 26 heavy (non-hydrogen) atoms. The van der Waals surface area contributed by atoms with Gasteiger partial charge in [-0.05, 0) is 54.8 Å². The van der Waals surface area contributed by atoms with Crippen molar-refractivity contribution in [1.29, 1.82) is 0 Å². The molecule has 0 aliphatic heterocycles. The Kier molecular flexibility index (Phi) is 5.33. The van der Waals surface area contributed by atoms with Crippen LogP contribution in [0.4, 0.5) is 5.69 Å². The number of halogens is 1. The van der Waals surface area contributed by atoms with Gasteiger partial charge < -0.3 is 10.6 Å². The molecule has 0 bridgehead atoms. The van der Waals surface area contributed by atoms with Crippen molar-refractivity contribution in [3.63, 3.8) is 0 Å². The van der Waals surface area contributed by atoms with E-state index in [1.54, 1.807) is 36.2 Å². The van der Waals surface area contributed by atoms with Crippen LogP contribution in [0.1, 0.15) is 48.0 Å². The molecule has 1 fully saturated rings. The Hall–Kier alpha value is -2.33. The molecule has 0 aromatic heterocycles. The van der Waals surface area contributed by atoms with Crippen molar-refractivity contribution in [3.05, 3.63) is 64.7 Å². The molecule has 2 N–H and O–H groups in total. The fourth-order valence-electron chi connectivity index (χ4n) is 3.86. The predicted molar refractivity (Wildman–Crippen MR) is 105 cm³/mol. The van der Waals surface area contributed by atoms with E-state index in [1.807, 2.05) is 24.3 Å². The molecule has 1 aliphatic rings. The van der Waals surface area contributed by atoms with Crippen molar-refractivity contribution in [3.8, 4) is 0 Å². The topological polar surface area (TPSA) is 63.4 Å². The van der Waals surface area contributed by atoms with E-state index in [0.717, 1.165) is 43.4 Å². The third kappa shape index (κ3) is 3.47. The Morgan fingerprint density at radius 1 is 1.04 bits per heavy atom. The second-order valence-corrected chi connectivity index (χ2v) is 7.36. The van der Waals surface area contributed by atoms with Gasteiger partial charge in [-0.25, -0.2) is 0 Å². The summed E-state index contributed by atoms with van der Waals surface area (Å²) in [4.78, 5) is 26.5. The fourth-order valence-corrected chi connectivity index (χ4v) is 4.05. The lowest BCUT2D eigenvalue weighted by Crippen LogP contribution is -2.46. The number of benzene rings is 2. The third-order valence-corrected chi connectivity index (χ3v) is 5.57. The molecule has 0 heterocycles. The Morgan fingerprint density at radius 2 is 1.69 bits per heavy atom. The molecule has 1 aliphatic carbocycles. The summed E-state index contributed by atoms with van der Waals surface area (Å²) in [5.74, 6) is -0.417. The quantitative estimate of drug-likeness (QED) is 0.871. The zero-order valence-corrected chi connectivity index (χ0v) is 15.6. The van der Waals surface area contributed by atoms with Crippen LogP contribution in [0.2, 0.25) is 5.02 Å². The van der Waals surface area contributed by atoms with Gasteiger partial charge in [0, 0.05) is 23.3 Å². The van der Waals surface area contributed by atoms with Crippen LogP contribution >= 0.6 is 11.6 Å². The maximum absolute atomic E-state index is 13.5. The van der Waals surface area contributed by atoms with Crippen LogP contribution in [0.5, 0.6) is 0 Å². The smallest absolute Gasteiger partial charge is 0.248 e. The molecule has 136 valence electrons. The van der Waals surface area contributed by atoms with E-state index in [0.29, 0.717) is 10.6 Å². The van der Waals surface area contributed by atoms with E-state index in [4.69, 9.17) is 17.3 Å². The van der Waals surface area contributed by atoms with Crippen LogP contribution < -0.4 is 10.6 Å². The van der Waals surface area contributed by atoms with Crippen molar-refractivity contribution < 1.29 is 9.59 Å². The largest absolute Gasteiger partial charge is 0.366 e. The molecule has 5 heteroatoms. The monoisotopic (exact) mass is 370 g/mol. The Bertz CT molecular complexity index is 811. The molecular formula is C21H23ClN2O2. The van der Waals surface area contributed by atoms with E-state index >= 15 is 0 Å². The lowest BCUT2D eigenvalue weighted by molar-refractivity contribution is -0.125. The molecule has 1 saturated carbocycles. The number of primary amides is 1. The summed E-state index contributed by atoms with van der Waals surface area (Å²) in [6.07, 6.45) is 4.82. The van der Waals surface area contributed by atoms with E-state index in [-0.39, 0.29) is 5.91 Å². The number of amides is 2. The third-order valence-electron chi connectivity index (χ3n) is 5.34. The normalized spacial score (nSPS) is 16.1. The van der Waals surface area contributed by atoms with Crippen LogP contribution in [0.15, 0.2) is 48.5 Å². The maximum Gasteiger partial charge on any atom is 0.248 e. The minimum Gasteiger partial charge on any atom is -0.366 e. The Balaban J connectivity index is 1.96. The molecule has 0 saturated heterocycles. The Labute approximate surface area is 158 Å². The number of carbonyl (C=O) groups excluding carboxylic acids is 2. The zero-order valence-electron chi connectivity index (χ0n) is 14.9. The van der Waals surface area contributed by atoms with E-state index in [9.17, 15) is 9.59 Å². The van der Waals surface area contributed by atoms with Crippen LogP contribution in [0.25, 0.3) is 0 Å². The minimum absolute atomic E-state index is 0.0614. The minimum atomic E-state index is -0.555. The summed E-state index contributed by atoms with van der Waals surface area (Å²) in [7, 11) is 1.78. The summed E-state index contributed by atoms with van der Waals surface area (Å²) < 4.78 is 0. The van der Waals surface area contributed by atoms with Crippen LogP contribution in [0.3, 0.4) is 0 Å². The van der Waals surface area contributed by atoms with Gasteiger partial charge in [-0.3, -0.25) is 9.59 Å². The van der Waals surface area contributed by atoms with Crippen molar-refractivity contribution in [2.75, 3.05) is 11.9 Å². The average Bonchev–Trinajstić information content (AvgIpc) is 2.67. The lowest BCUT2D eigenvalue weighted by atomic mass is 9.68. The number of anilines is 1. The second kappa shape index (κ2) is 7.50. The van der Waals surface area contributed by atoms with Gasteiger partial charge in [0.05, 0.1) is 5.41 Å². The first-order valence-electron chi connectivity index (χ1n) is 8.88. The molecule has 0 unspecified atom stereocenters. The van der Waals surface area contributed by atoms with Crippen molar-refractivity contribution >= 4 is 29.1 Å². The van der Waals surface area contributed by atoms with Gasteiger partial charge in [-0.15, -0.1) is 0 Å². The number of nitrogens with zero attached hydrogens (tertiary/aromatic N) is 1. The molecule has 4 nitrogen and oxygen atoms in total. The highest BCUT2D eigenvalue weighted by Gasteiger charge is 2.43. The molecule has 2 aromatic carbocycles. The highest BCUT2D eigenvalue weighted by atomic mass is 35.5. The van der Waals surface area contributed by atoms with E-state index in [2.05, 4.69) is 0 Å². The number of nitrogens with two attached hydrogens (primary N) is 1. The number of hydrogen-bond acceptors (Lipinski definition) is 2. The maximum atomic E-state index is 13.5. The first kappa shape index (κ1) is 18.5. The number of likely N-dealkylation sites (N-methyl/N-ethyl adjacent to an activating group) is 1. The molecular weight excluding hydrogens is 348 g/mol. The fraction of sp³-hybridized carbons (Fsp3) is 0.333. The van der Waals surface area contributed by atoms with E-state index in [1.165, 1.54) is 0 Å². The van der Waals surface area contributed by atoms with Crippen molar-refractivity contribution in [1.82, 2.24) is 0 Å². The van der Waals surface area contributed by atoms with Crippen LogP contribution in [-0.4, -0.2) is 18.9 Å². The summed E-state index contributed by atoms with van der Waals surface area (Å²) in [6, 6.07) is 14.5. The predicted octanol–water partition coefficient (Wildman–Crippen LogP) is 4.30. The zero-order chi connectivity index (χ0) is 18.7. The molecule has 0 radical (unpaired) electrons. The summed E-state index contributed by atoms with van der Waals surface area (Å²) in [5.41, 5.74) is 6.89. The molecule has 2 aromatic rings. The average molecular weight is 371 g/mol. The van der Waals surface area contributed by atoms with Gasteiger partial charge in [-0.1, -0.05) is 43.0 Å². The van der Waals surface area contributed by atoms with Gasteiger partial charge >= 0.3 is 0 Å². The lowest BCUT2D eigenvalue weighted by Gasteiger charge is -2.39. The summed E-state index contributed by atoms with van der Waals surface area (Å²) >= 11 is 6.21. The Morgan fingerprint density at radius 3 is 2.27 bits per heavy atom. The SMILES string of the molecule is CN(C(=O)C1(c2cccc(Cl)c2)CCCCC1)c1ccc(C(N)=O)cc1. The van der Waals surface area contributed by atoms with Gasteiger partial charge in [-0.2, -0.15) is 0 Å². The van der Waals surface area contributed by atoms with Crippen molar-refractivity contribution in [2.45, 2.75) is 37.5 Å². The standard InChI is InChI=1S/C21H23ClN2O2/c1-24(18-10-8-15(9-11-18)19(23)25)20(26)21(12-3-2-4-13-21)16-6-5-7-17(22)14-16/h5-11,14H,2-4,12-13H2,1H3,(H2,23,25).